The smallest absolute Gasteiger partial charge is 0.325 e. The maximum atomic E-state index is 12.6. The molecule has 0 atom stereocenters. The molecule has 5 heteroatoms. The van der Waals surface area contributed by atoms with E-state index in [1.165, 1.54) is 6.42 Å². The molecule has 1 amide bonds. The van der Waals surface area contributed by atoms with Gasteiger partial charge in [0.15, 0.2) is 0 Å². The van der Waals surface area contributed by atoms with Crippen LogP contribution in [0, 0.1) is 5.41 Å². The summed E-state index contributed by atoms with van der Waals surface area (Å²) in [5.41, 5.74) is 5.88. The fourth-order valence-electron chi connectivity index (χ4n) is 3.08. The van der Waals surface area contributed by atoms with Crippen LogP contribution in [0.15, 0.2) is 0 Å². The molecule has 0 spiro atoms. The fraction of sp³-hybridized carbons (Fsp3) is 0.875. The molecule has 0 aromatic carbocycles. The second-order valence-electron chi connectivity index (χ2n) is 6.36. The van der Waals surface area contributed by atoms with Crippen LogP contribution >= 0.6 is 0 Å². The van der Waals surface area contributed by atoms with Crippen LogP contribution in [0.25, 0.3) is 0 Å². The molecule has 0 aromatic rings. The Hall–Kier alpha value is -1.10. The maximum absolute atomic E-state index is 12.6. The van der Waals surface area contributed by atoms with Gasteiger partial charge in [0.05, 0.1) is 6.61 Å². The van der Waals surface area contributed by atoms with Crippen LogP contribution < -0.4 is 5.73 Å². The van der Waals surface area contributed by atoms with Crippen molar-refractivity contribution in [3.63, 3.8) is 0 Å². The number of carbonyl (C=O) groups is 2. The SMILES string of the molecule is CCOC(=O)CN(C(=O)CC1(CN)CCCCC1)C(C)C. The Morgan fingerprint density at radius 3 is 2.33 bits per heavy atom. The predicted molar refractivity (Wildman–Crippen MR) is 82.7 cm³/mol. The standard InChI is InChI=1S/C16H30N2O3/c1-4-21-15(20)11-18(13(2)3)14(19)10-16(12-17)8-6-5-7-9-16/h13H,4-12,17H2,1-3H3. The van der Waals surface area contributed by atoms with Gasteiger partial charge in [-0.25, -0.2) is 0 Å². The van der Waals surface area contributed by atoms with E-state index in [0.29, 0.717) is 19.6 Å². The number of hydrogen-bond donors (Lipinski definition) is 1. The number of rotatable bonds is 7. The number of amides is 1. The number of carbonyl (C=O) groups excluding carboxylic acids is 2. The molecule has 0 aromatic heterocycles. The second-order valence-corrected chi connectivity index (χ2v) is 6.36. The molecule has 1 rings (SSSR count). The molecule has 2 N–H and O–H groups in total. The Kier molecular flexibility index (Phi) is 7.15. The van der Waals surface area contributed by atoms with Gasteiger partial charge in [0.1, 0.15) is 6.54 Å². The van der Waals surface area contributed by atoms with Gasteiger partial charge >= 0.3 is 5.97 Å². The highest BCUT2D eigenvalue weighted by molar-refractivity contribution is 5.82. The molecule has 0 aliphatic heterocycles. The zero-order valence-corrected chi connectivity index (χ0v) is 13.7. The molecule has 1 aliphatic rings. The lowest BCUT2D eigenvalue weighted by Gasteiger charge is -2.38. The zero-order chi connectivity index (χ0) is 15.9. The summed E-state index contributed by atoms with van der Waals surface area (Å²) in [6.45, 7) is 6.53. The van der Waals surface area contributed by atoms with E-state index in [1.54, 1.807) is 11.8 Å². The van der Waals surface area contributed by atoms with Gasteiger partial charge in [0, 0.05) is 12.5 Å². The number of hydrogen-bond acceptors (Lipinski definition) is 4. The second kappa shape index (κ2) is 8.37. The average Bonchev–Trinajstić information content (AvgIpc) is 2.45. The minimum Gasteiger partial charge on any atom is -0.465 e. The van der Waals surface area contributed by atoms with Gasteiger partial charge in [-0.3, -0.25) is 9.59 Å². The Morgan fingerprint density at radius 1 is 1.24 bits per heavy atom. The molecule has 0 bridgehead atoms. The quantitative estimate of drug-likeness (QED) is 0.730. The van der Waals surface area contributed by atoms with E-state index in [4.69, 9.17) is 10.5 Å². The van der Waals surface area contributed by atoms with E-state index < -0.39 is 0 Å². The van der Waals surface area contributed by atoms with Gasteiger partial charge < -0.3 is 15.4 Å². The molecule has 0 heterocycles. The van der Waals surface area contributed by atoms with Crippen molar-refractivity contribution in [2.75, 3.05) is 19.7 Å². The normalized spacial score (nSPS) is 17.6. The Bertz CT molecular complexity index is 349. The highest BCUT2D eigenvalue weighted by Gasteiger charge is 2.35. The lowest BCUT2D eigenvalue weighted by Crippen LogP contribution is -2.45. The fourth-order valence-corrected chi connectivity index (χ4v) is 3.08. The van der Waals surface area contributed by atoms with Crippen molar-refractivity contribution in [1.29, 1.82) is 0 Å². The molecule has 1 aliphatic carbocycles. The van der Waals surface area contributed by atoms with Crippen molar-refractivity contribution in [3.05, 3.63) is 0 Å². The van der Waals surface area contributed by atoms with Gasteiger partial charge in [-0.2, -0.15) is 0 Å². The van der Waals surface area contributed by atoms with Gasteiger partial charge in [-0.1, -0.05) is 19.3 Å². The molecule has 1 saturated carbocycles. The van der Waals surface area contributed by atoms with E-state index in [2.05, 4.69) is 0 Å². The van der Waals surface area contributed by atoms with Crippen LogP contribution in [0.2, 0.25) is 0 Å². The minimum absolute atomic E-state index is 0.0136. The molecule has 0 radical (unpaired) electrons. The summed E-state index contributed by atoms with van der Waals surface area (Å²) in [6, 6.07) is -0.0136. The summed E-state index contributed by atoms with van der Waals surface area (Å²) in [7, 11) is 0. The van der Waals surface area contributed by atoms with E-state index in [9.17, 15) is 9.59 Å². The van der Waals surface area contributed by atoms with E-state index in [0.717, 1.165) is 25.7 Å². The largest absolute Gasteiger partial charge is 0.465 e. The predicted octanol–water partition coefficient (Wildman–Crippen LogP) is 2.09. The van der Waals surface area contributed by atoms with Gasteiger partial charge in [0.25, 0.3) is 0 Å². The van der Waals surface area contributed by atoms with E-state index >= 15 is 0 Å². The Morgan fingerprint density at radius 2 is 1.86 bits per heavy atom. The molecular weight excluding hydrogens is 268 g/mol. The maximum Gasteiger partial charge on any atom is 0.325 e. The van der Waals surface area contributed by atoms with Crippen LogP contribution in [0.4, 0.5) is 0 Å². The summed E-state index contributed by atoms with van der Waals surface area (Å²) < 4.78 is 4.96. The van der Waals surface area contributed by atoms with Crippen molar-refractivity contribution in [3.8, 4) is 0 Å². The Labute approximate surface area is 128 Å². The van der Waals surface area contributed by atoms with E-state index in [1.807, 2.05) is 13.8 Å². The zero-order valence-electron chi connectivity index (χ0n) is 13.7. The number of esters is 1. The molecule has 122 valence electrons. The summed E-state index contributed by atoms with van der Waals surface area (Å²) >= 11 is 0. The van der Waals surface area contributed by atoms with Crippen LogP contribution in [-0.2, 0) is 14.3 Å². The van der Waals surface area contributed by atoms with Crippen LogP contribution in [0.3, 0.4) is 0 Å². The molecule has 0 saturated heterocycles. The first kappa shape index (κ1) is 18.0. The van der Waals surface area contributed by atoms with Gasteiger partial charge in [0.2, 0.25) is 5.91 Å². The van der Waals surface area contributed by atoms with Crippen molar-refractivity contribution >= 4 is 11.9 Å². The van der Waals surface area contributed by atoms with Crippen molar-refractivity contribution < 1.29 is 14.3 Å². The van der Waals surface area contributed by atoms with Gasteiger partial charge in [-0.05, 0) is 45.6 Å². The van der Waals surface area contributed by atoms with Crippen molar-refractivity contribution in [2.45, 2.75) is 65.3 Å². The molecular formula is C16H30N2O3. The topological polar surface area (TPSA) is 72.6 Å². The molecule has 1 fully saturated rings. The number of nitrogens with zero attached hydrogens (tertiary/aromatic N) is 1. The highest BCUT2D eigenvalue weighted by atomic mass is 16.5. The third-order valence-corrected chi connectivity index (χ3v) is 4.42. The molecule has 0 unspecified atom stereocenters. The lowest BCUT2D eigenvalue weighted by molar-refractivity contribution is -0.151. The van der Waals surface area contributed by atoms with Crippen molar-refractivity contribution in [2.24, 2.45) is 11.1 Å². The highest BCUT2D eigenvalue weighted by Crippen LogP contribution is 2.38. The first-order valence-electron chi connectivity index (χ1n) is 8.09. The minimum atomic E-state index is -0.343. The molecule has 5 nitrogen and oxygen atoms in total. The van der Waals surface area contributed by atoms with Gasteiger partial charge in [-0.15, -0.1) is 0 Å². The van der Waals surface area contributed by atoms with Crippen LogP contribution in [0.5, 0.6) is 0 Å². The first-order chi connectivity index (χ1) is 9.94. The lowest BCUT2D eigenvalue weighted by atomic mass is 9.71. The third kappa shape index (κ3) is 5.30. The third-order valence-electron chi connectivity index (χ3n) is 4.42. The summed E-state index contributed by atoms with van der Waals surface area (Å²) in [4.78, 5) is 25.9. The Balaban J connectivity index is 2.69. The van der Waals surface area contributed by atoms with Crippen LogP contribution in [-0.4, -0.2) is 42.5 Å². The van der Waals surface area contributed by atoms with Crippen LogP contribution in [0.1, 0.15) is 59.3 Å². The molecule has 21 heavy (non-hydrogen) atoms. The number of ether oxygens (including phenoxy) is 1. The number of nitrogens with two attached hydrogens (primary N) is 1. The monoisotopic (exact) mass is 298 g/mol. The summed E-state index contributed by atoms with van der Waals surface area (Å²) in [5, 5.41) is 0. The summed E-state index contributed by atoms with van der Waals surface area (Å²) in [6.07, 6.45) is 5.99. The summed E-state index contributed by atoms with van der Waals surface area (Å²) in [5.74, 6) is -0.324. The first-order valence-corrected chi connectivity index (χ1v) is 8.09. The van der Waals surface area contributed by atoms with Crippen molar-refractivity contribution in [1.82, 2.24) is 4.90 Å². The average molecular weight is 298 g/mol. The van der Waals surface area contributed by atoms with E-state index in [-0.39, 0.29) is 29.9 Å².